The summed E-state index contributed by atoms with van der Waals surface area (Å²) in [5.74, 6) is -18.3. The lowest BCUT2D eigenvalue weighted by Crippen LogP contribution is -2.60. The summed E-state index contributed by atoms with van der Waals surface area (Å²) in [4.78, 5) is 239. The number of nitrogens with two attached hydrogens (primary N) is 7. The van der Waals surface area contributed by atoms with Crippen LogP contribution in [0.2, 0.25) is 0 Å². The number of nitrogens with zero attached hydrogens (tertiary/aromatic N) is 1. The number of nitrogens with one attached hydrogen (secondary N) is 15. The molecule has 0 aromatic rings. The Kier molecular flexibility index (Phi) is 46.0. The molecule has 0 spiro atoms. The zero-order valence-electron chi connectivity index (χ0n) is 63.8. The van der Waals surface area contributed by atoms with Crippen LogP contribution in [0.4, 0.5) is 0 Å². The number of carbonyl (C=O) groups excluding carboxylic acids is 16. The summed E-state index contributed by atoms with van der Waals surface area (Å²) in [6.07, 6.45) is 0.479. The maximum atomic E-state index is 14.2. The molecule has 1 aliphatic rings. The van der Waals surface area contributed by atoms with Crippen molar-refractivity contribution in [2.45, 2.75) is 249 Å². The van der Waals surface area contributed by atoms with E-state index in [0.717, 1.165) is 0 Å². The van der Waals surface area contributed by atoms with E-state index in [1.54, 1.807) is 27.7 Å². The minimum absolute atomic E-state index is 0.0182. The average Bonchev–Trinajstić information content (AvgIpc) is 1.63. The Morgan fingerprint density at radius 3 is 1.29 bits per heavy atom. The largest absolute Gasteiger partial charge is 0.481 e. The molecule has 0 aromatic heterocycles. The van der Waals surface area contributed by atoms with Crippen LogP contribution in [0.15, 0.2) is 0 Å². The van der Waals surface area contributed by atoms with E-state index in [1.807, 2.05) is 0 Å². The highest BCUT2D eigenvalue weighted by Crippen LogP contribution is 2.22. The summed E-state index contributed by atoms with van der Waals surface area (Å²) in [6.45, 7) is 9.39. The highest BCUT2D eigenvalue weighted by molar-refractivity contribution is 6.00. The van der Waals surface area contributed by atoms with Crippen molar-refractivity contribution in [1.29, 1.82) is 5.41 Å². The zero-order valence-corrected chi connectivity index (χ0v) is 63.8. The summed E-state index contributed by atoms with van der Waals surface area (Å²) < 4.78 is 0. The molecule has 1 fully saturated rings. The van der Waals surface area contributed by atoms with Crippen molar-refractivity contribution in [3.05, 3.63) is 0 Å². The first kappa shape index (κ1) is 97.6. The standard InChI is InChI=1S/C67H119N23O20/c1-34(2)52(64(107)81-36(5)54(97)79-37(6)56(99)87-45(66(109)110)22-25-48(73)92)89-62(105)42(18-10-13-29-70)85-61(104)41(19-14-30-76-67(74)75)82-49(93)32-77-58(101)40(17-9-12-28-69)83-55(98)38(7)80-60(103)44(21-24-47(72)91)86-63(106)46-20-15-31-90(46)65(108)53(35(3)4)88-50(94)33-78-59(102)43(23-26-51(95)96)84-57(100)39(71)16-8-11-27-68/h34-46,52-53H,8-33,68-71H2,1-7H3,(H2,72,91)(H2,73,92)(H,77,101)(H,78,102)(H,79,97)(H,80,103)(H,81,107)(H,82,93)(H,83,98)(H,84,100)(H,85,104)(H,86,106)(H,87,99)(H,88,94)(H,89,105)(H,95,96)(H,109,110)(H4,74,75,76)/t36-,37-,38-,39-,40-,41-,42-,43-,44-,45-,46-,52-,53-/m0/s1. The fraction of sp³-hybridized carbons (Fsp3) is 0.716. The van der Waals surface area contributed by atoms with Crippen molar-refractivity contribution in [2.24, 2.45) is 52.0 Å². The average molecular weight is 1570 g/mol. The predicted molar refractivity (Wildman–Crippen MR) is 396 cm³/mol. The van der Waals surface area contributed by atoms with Crippen LogP contribution in [0.25, 0.3) is 0 Å². The Hall–Kier alpha value is -10.4. The molecule has 43 heteroatoms. The number of carboxylic acid groups (broad SMARTS) is 2. The molecule has 1 rings (SSSR count). The molecule has 43 nitrogen and oxygen atoms in total. The van der Waals surface area contributed by atoms with E-state index in [-0.39, 0.29) is 103 Å². The van der Waals surface area contributed by atoms with E-state index in [1.165, 1.54) is 25.7 Å². The van der Waals surface area contributed by atoms with Gasteiger partial charge >= 0.3 is 11.9 Å². The number of aliphatic carboxylic acids is 2. The number of rotatable bonds is 55. The number of carboxylic acids is 2. The van der Waals surface area contributed by atoms with Crippen molar-refractivity contribution in [3.63, 3.8) is 0 Å². The Morgan fingerprint density at radius 1 is 0.409 bits per heavy atom. The van der Waals surface area contributed by atoms with Crippen LogP contribution in [0, 0.1) is 17.2 Å². The van der Waals surface area contributed by atoms with Gasteiger partial charge in [0, 0.05) is 32.4 Å². The molecule has 0 aromatic carbocycles. The summed E-state index contributed by atoms with van der Waals surface area (Å²) >= 11 is 0. The van der Waals surface area contributed by atoms with Crippen LogP contribution in [-0.4, -0.2) is 252 Å². The second kappa shape index (κ2) is 51.8. The van der Waals surface area contributed by atoms with Gasteiger partial charge in [-0.2, -0.15) is 0 Å². The van der Waals surface area contributed by atoms with Crippen molar-refractivity contribution in [1.82, 2.24) is 79.3 Å². The summed E-state index contributed by atoms with van der Waals surface area (Å²) in [5, 5.41) is 60.9. The first-order valence-electron chi connectivity index (χ1n) is 36.8. The summed E-state index contributed by atoms with van der Waals surface area (Å²) in [6, 6.07) is -17.7. The number of likely N-dealkylation sites (tertiary alicyclic amines) is 1. The number of unbranched alkanes of at least 4 members (excludes halogenated alkanes) is 3. The quantitative estimate of drug-likeness (QED) is 0.0153. The van der Waals surface area contributed by atoms with Gasteiger partial charge in [-0.05, 0) is 149 Å². The van der Waals surface area contributed by atoms with Gasteiger partial charge in [-0.15, -0.1) is 0 Å². The molecule has 0 bridgehead atoms. The minimum atomic E-state index is -1.55. The van der Waals surface area contributed by atoms with Gasteiger partial charge in [0.15, 0.2) is 5.96 Å². The number of guanidine groups is 1. The first-order chi connectivity index (χ1) is 51.7. The number of primary amides is 2. The Bertz CT molecular complexity index is 3160. The predicted octanol–water partition coefficient (Wildman–Crippen LogP) is -8.63. The van der Waals surface area contributed by atoms with Crippen LogP contribution >= 0.6 is 0 Å². The Balaban J connectivity index is 3.31. The molecule has 0 radical (unpaired) electrons. The first-order valence-corrected chi connectivity index (χ1v) is 36.8. The SMILES string of the molecule is CC(C)[C@H](NC(=O)[C@H](CCCCN)NC(=O)[C@H](CCCNC(=N)N)NC(=O)CNC(=O)[C@H](CCCCN)NC(=O)[C@H](C)NC(=O)[C@H](CCC(N)=O)NC(=O)[C@@H]1CCCN1C(=O)[C@@H](NC(=O)CNC(=O)[C@H](CCC(=O)O)NC(=O)[C@@H](N)CCCCN)C(C)C)C(=O)N[C@@H](C)C(=O)N[C@@H](C)C(=O)N[C@@H](CCC(N)=O)C(=O)O. The lowest BCUT2D eigenvalue weighted by molar-refractivity contribution is -0.143. The molecule has 622 valence electrons. The normalized spacial score (nSPS) is 15.7. The zero-order chi connectivity index (χ0) is 83.5. The van der Waals surface area contributed by atoms with E-state index >= 15 is 0 Å². The lowest BCUT2D eigenvalue weighted by Gasteiger charge is -2.31. The maximum absolute atomic E-state index is 14.2. The van der Waals surface area contributed by atoms with E-state index in [0.29, 0.717) is 32.2 Å². The molecule has 31 N–H and O–H groups in total. The van der Waals surface area contributed by atoms with Gasteiger partial charge in [-0.3, -0.25) is 86.9 Å². The molecule has 0 saturated carbocycles. The number of amides is 16. The third kappa shape index (κ3) is 38.1. The van der Waals surface area contributed by atoms with Crippen molar-refractivity contribution < 1.29 is 96.5 Å². The maximum Gasteiger partial charge on any atom is 0.326 e. The van der Waals surface area contributed by atoms with Gasteiger partial charge in [0.1, 0.15) is 72.5 Å². The van der Waals surface area contributed by atoms with Crippen LogP contribution in [-0.2, 0) is 86.3 Å². The Morgan fingerprint density at radius 2 is 0.800 bits per heavy atom. The Labute approximate surface area is 638 Å². The topological polar surface area (TPSA) is 725 Å². The van der Waals surface area contributed by atoms with Gasteiger partial charge in [0.25, 0.3) is 0 Å². The van der Waals surface area contributed by atoms with Gasteiger partial charge < -0.3 is 130 Å². The molecule has 1 aliphatic heterocycles. The van der Waals surface area contributed by atoms with E-state index in [2.05, 4.69) is 74.4 Å². The van der Waals surface area contributed by atoms with Crippen LogP contribution in [0.5, 0.6) is 0 Å². The fourth-order valence-electron chi connectivity index (χ4n) is 11.0. The van der Waals surface area contributed by atoms with E-state index in [4.69, 9.17) is 45.5 Å². The third-order valence-corrected chi connectivity index (χ3v) is 17.4. The number of hydrogen-bond donors (Lipinski definition) is 24. The molecule has 16 amide bonds. The molecule has 110 heavy (non-hydrogen) atoms. The lowest BCUT2D eigenvalue weighted by atomic mass is 10.0. The summed E-state index contributed by atoms with van der Waals surface area (Å²) in [5.41, 5.74) is 39.0. The van der Waals surface area contributed by atoms with Gasteiger partial charge in [0.2, 0.25) is 94.5 Å². The van der Waals surface area contributed by atoms with Crippen LogP contribution in [0.3, 0.4) is 0 Å². The fourth-order valence-corrected chi connectivity index (χ4v) is 11.0. The second-order valence-electron chi connectivity index (χ2n) is 27.5. The molecule has 1 heterocycles. The van der Waals surface area contributed by atoms with Crippen molar-refractivity contribution in [2.75, 3.05) is 45.8 Å². The van der Waals surface area contributed by atoms with Crippen LogP contribution in [0.1, 0.15) is 170 Å². The highest BCUT2D eigenvalue weighted by atomic mass is 16.4. The minimum Gasteiger partial charge on any atom is -0.481 e. The molecule has 0 aliphatic carbocycles. The molecule has 0 unspecified atom stereocenters. The molecule has 13 atom stereocenters. The van der Waals surface area contributed by atoms with Crippen molar-refractivity contribution in [3.8, 4) is 0 Å². The molecular formula is C67H119N23O20. The number of hydrogen-bond acceptors (Lipinski definition) is 23. The summed E-state index contributed by atoms with van der Waals surface area (Å²) in [7, 11) is 0. The van der Waals surface area contributed by atoms with E-state index < -0.39 is 235 Å². The van der Waals surface area contributed by atoms with Gasteiger partial charge in [0.05, 0.1) is 19.1 Å². The third-order valence-electron chi connectivity index (χ3n) is 17.4. The van der Waals surface area contributed by atoms with Gasteiger partial charge in [-0.1, -0.05) is 34.1 Å². The highest BCUT2D eigenvalue weighted by Gasteiger charge is 2.41. The molecular weight excluding hydrogens is 1450 g/mol. The van der Waals surface area contributed by atoms with Crippen molar-refractivity contribution >= 4 is 112 Å². The van der Waals surface area contributed by atoms with Gasteiger partial charge in [-0.25, -0.2) is 4.79 Å². The number of carbonyl (C=O) groups is 18. The van der Waals surface area contributed by atoms with E-state index in [9.17, 15) is 96.5 Å². The molecule has 1 saturated heterocycles. The van der Waals surface area contributed by atoms with Crippen LogP contribution < -0.4 is 115 Å². The monoisotopic (exact) mass is 1570 g/mol. The smallest absolute Gasteiger partial charge is 0.326 e. The second-order valence-corrected chi connectivity index (χ2v) is 27.5.